The van der Waals surface area contributed by atoms with Crippen LogP contribution in [0.25, 0.3) is 0 Å². The lowest BCUT2D eigenvalue weighted by molar-refractivity contribution is -0.132. The van der Waals surface area contributed by atoms with Gasteiger partial charge in [0.2, 0.25) is 5.91 Å². The highest BCUT2D eigenvalue weighted by molar-refractivity contribution is 5.76. The van der Waals surface area contributed by atoms with E-state index >= 15 is 0 Å². The van der Waals surface area contributed by atoms with E-state index in [1.807, 2.05) is 11.9 Å². The van der Waals surface area contributed by atoms with Crippen LogP contribution in [-0.4, -0.2) is 30.4 Å². The lowest BCUT2D eigenvalue weighted by Crippen LogP contribution is -2.41. The minimum absolute atomic E-state index is 0.246. The topological polar surface area (TPSA) is 46.3 Å². The van der Waals surface area contributed by atoms with Crippen LogP contribution in [0.1, 0.15) is 36.8 Å². The standard InChI is InChI=1S/C17H26N2O/c1-13-6-8-14(9-7-13)10-11-17(20)19(2)16-5-3-4-15(16)12-18/h6-9,15-16H,3-5,10-12,18H2,1-2H3. The summed E-state index contributed by atoms with van der Waals surface area (Å²) in [5, 5.41) is 0. The first-order valence-electron chi connectivity index (χ1n) is 7.63. The molecule has 0 bridgehead atoms. The smallest absolute Gasteiger partial charge is 0.222 e. The van der Waals surface area contributed by atoms with Gasteiger partial charge in [0.15, 0.2) is 0 Å². The Hall–Kier alpha value is -1.35. The summed E-state index contributed by atoms with van der Waals surface area (Å²) in [5.74, 6) is 0.735. The Labute approximate surface area is 122 Å². The van der Waals surface area contributed by atoms with E-state index in [1.165, 1.54) is 17.5 Å². The molecule has 2 unspecified atom stereocenters. The quantitative estimate of drug-likeness (QED) is 0.896. The highest BCUT2D eigenvalue weighted by Gasteiger charge is 2.31. The van der Waals surface area contributed by atoms with Crippen LogP contribution in [0.3, 0.4) is 0 Å². The van der Waals surface area contributed by atoms with Crippen LogP contribution in [0, 0.1) is 12.8 Å². The molecule has 3 heteroatoms. The van der Waals surface area contributed by atoms with Gasteiger partial charge in [0, 0.05) is 19.5 Å². The van der Waals surface area contributed by atoms with Crippen molar-refractivity contribution in [1.82, 2.24) is 4.90 Å². The average molecular weight is 274 g/mol. The molecule has 0 aliphatic heterocycles. The molecule has 0 radical (unpaired) electrons. The third-order valence-electron chi connectivity index (χ3n) is 4.56. The number of hydrogen-bond acceptors (Lipinski definition) is 2. The number of aryl methyl sites for hydroxylation is 2. The minimum Gasteiger partial charge on any atom is -0.342 e. The Balaban J connectivity index is 1.86. The highest BCUT2D eigenvalue weighted by atomic mass is 16.2. The molecule has 2 rings (SSSR count). The first kappa shape index (κ1) is 15.0. The number of nitrogens with zero attached hydrogens (tertiary/aromatic N) is 1. The molecule has 0 heterocycles. The van der Waals surface area contributed by atoms with Gasteiger partial charge >= 0.3 is 0 Å². The summed E-state index contributed by atoms with van der Waals surface area (Å²) in [5.41, 5.74) is 8.30. The molecule has 1 saturated carbocycles. The van der Waals surface area contributed by atoms with Crippen LogP contribution in [-0.2, 0) is 11.2 Å². The van der Waals surface area contributed by atoms with E-state index in [9.17, 15) is 4.79 Å². The molecule has 20 heavy (non-hydrogen) atoms. The summed E-state index contributed by atoms with van der Waals surface area (Å²) in [6, 6.07) is 8.78. The lowest BCUT2D eigenvalue weighted by atomic mass is 10.0. The first-order chi connectivity index (χ1) is 9.61. The maximum atomic E-state index is 12.3. The fourth-order valence-electron chi connectivity index (χ4n) is 3.17. The molecule has 0 spiro atoms. The molecule has 3 nitrogen and oxygen atoms in total. The van der Waals surface area contributed by atoms with Gasteiger partial charge < -0.3 is 10.6 Å². The van der Waals surface area contributed by atoms with E-state index in [0.717, 1.165) is 19.3 Å². The van der Waals surface area contributed by atoms with Gasteiger partial charge in [-0.2, -0.15) is 0 Å². The number of nitrogens with two attached hydrogens (primary N) is 1. The first-order valence-corrected chi connectivity index (χ1v) is 7.63. The molecule has 1 fully saturated rings. The SMILES string of the molecule is Cc1ccc(CCC(=O)N(C)C2CCCC2CN)cc1. The lowest BCUT2D eigenvalue weighted by Gasteiger charge is -2.29. The zero-order valence-corrected chi connectivity index (χ0v) is 12.6. The van der Waals surface area contributed by atoms with Crippen LogP contribution in [0.4, 0.5) is 0 Å². The van der Waals surface area contributed by atoms with Crippen LogP contribution < -0.4 is 5.73 Å². The van der Waals surface area contributed by atoms with Crippen molar-refractivity contribution in [2.45, 2.75) is 45.1 Å². The second kappa shape index (κ2) is 6.89. The van der Waals surface area contributed by atoms with E-state index in [-0.39, 0.29) is 5.91 Å². The fourth-order valence-corrected chi connectivity index (χ4v) is 3.17. The molecule has 1 aliphatic carbocycles. The number of rotatable bonds is 5. The summed E-state index contributed by atoms with van der Waals surface area (Å²) in [6.07, 6.45) is 4.88. The van der Waals surface area contributed by atoms with Gasteiger partial charge in [0.05, 0.1) is 0 Å². The van der Waals surface area contributed by atoms with Gasteiger partial charge in [-0.15, -0.1) is 0 Å². The molecule has 1 aromatic rings. The predicted octanol–water partition coefficient (Wildman–Crippen LogP) is 2.51. The number of amides is 1. The normalized spacial score (nSPS) is 21.9. The Morgan fingerprint density at radius 2 is 2.00 bits per heavy atom. The third-order valence-corrected chi connectivity index (χ3v) is 4.56. The zero-order chi connectivity index (χ0) is 14.5. The predicted molar refractivity (Wildman–Crippen MR) is 82.5 cm³/mol. The molecule has 1 aromatic carbocycles. The van der Waals surface area contributed by atoms with E-state index in [4.69, 9.17) is 5.73 Å². The summed E-state index contributed by atoms with van der Waals surface area (Å²) < 4.78 is 0. The van der Waals surface area contributed by atoms with Crippen molar-refractivity contribution in [2.24, 2.45) is 11.7 Å². The van der Waals surface area contributed by atoms with Gasteiger partial charge in [-0.3, -0.25) is 4.79 Å². The van der Waals surface area contributed by atoms with E-state index < -0.39 is 0 Å². The largest absolute Gasteiger partial charge is 0.342 e. The summed E-state index contributed by atoms with van der Waals surface area (Å²) in [4.78, 5) is 14.3. The Bertz CT molecular complexity index is 441. The van der Waals surface area contributed by atoms with Crippen molar-refractivity contribution >= 4 is 5.91 Å². The van der Waals surface area contributed by atoms with Crippen LogP contribution >= 0.6 is 0 Å². The van der Waals surface area contributed by atoms with Crippen LogP contribution in [0.15, 0.2) is 24.3 Å². The molecule has 1 amide bonds. The molecule has 2 atom stereocenters. The van der Waals surface area contributed by atoms with Crippen molar-refractivity contribution in [1.29, 1.82) is 0 Å². The van der Waals surface area contributed by atoms with Crippen molar-refractivity contribution in [3.8, 4) is 0 Å². The van der Waals surface area contributed by atoms with E-state index in [1.54, 1.807) is 0 Å². The third kappa shape index (κ3) is 3.60. The van der Waals surface area contributed by atoms with Crippen LogP contribution in [0.2, 0.25) is 0 Å². The summed E-state index contributed by atoms with van der Waals surface area (Å²) in [6.45, 7) is 2.77. The maximum Gasteiger partial charge on any atom is 0.222 e. The Morgan fingerprint density at radius 3 is 2.65 bits per heavy atom. The molecule has 2 N–H and O–H groups in total. The zero-order valence-electron chi connectivity index (χ0n) is 12.6. The summed E-state index contributed by atoms with van der Waals surface area (Å²) >= 11 is 0. The van der Waals surface area contributed by atoms with Gasteiger partial charge in [-0.25, -0.2) is 0 Å². The van der Waals surface area contributed by atoms with Crippen molar-refractivity contribution in [3.05, 3.63) is 35.4 Å². The summed E-state index contributed by atoms with van der Waals surface area (Å²) in [7, 11) is 1.94. The Kier molecular flexibility index (Phi) is 5.18. The molecule has 110 valence electrons. The van der Waals surface area contributed by atoms with Crippen molar-refractivity contribution in [2.75, 3.05) is 13.6 Å². The fraction of sp³-hybridized carbons (Fsp3) is 0.588. The number of benzene rings is 1. The molecule has 0 aromatic heterocycles. The van der Waals surface area contributed by atoms with E-state index in [0.29, 0.717) is 24.9 Å². The Morgan fingerprint density at radius 1 is 1.30 bits per heavy atom. The maximum absolute atomic E-state index is 12.3. The van der Waals surface area contributed by atoms with E-state index in [2.05, 4.69) is 31.2 Å². The molecular weight excluding hydrogens is 248 g/mol. The average Bonchev–Trinajstić information content (AvgIpc) is 2.94. The van der Waals surface area contributed by atoms with Gasteiger partial charge in [0.1, 0.15) is 0 Å². The number of carbonyl (C=O) groups is 1. The van der Waals surface area contributed by atoms with Gasteiger partial charge in [-0.05, 0) is 44.2 Å². The van der Waals surface area contributed by atoms with Crippen molar-refractivity contribution < 1.29 is 4.79 Å². The monoisotopic (exact) mass is 274 g/mol. The van der Waals surface area contributed by atoms with Crippen molar-refractivity contribution in [3.63, 3.8) is 0 Å². The second-order valence-electron chi connectivity index (χ2n) is 5.98. The molecule has 0 saturated heterocycles. The number of carbonyl (C=O) groups excluding carboxylic acids is 1. The molecule has 1 aliphatic rings. The van der Waals surface area contributed by atoms with Gasteiger partial charge in [0.25, 0.3) is 0 Å². The van der Waals surface area contributed by atoms with Crippen LogP contribution in [0.5, 0.6) is 0 Å². The number of hydrogen-bond donors (Lipinski definition) is 1. The molecular formula is C17H26N2O. The van der Waals surface area contributed by atoms with Gasteiger partial charge in [-0.1, -0.05) is 36.2 Å². The minimum atomic E-state index is 0.246. The highest BCUT2D eigenvalue weighted by Crippen LogP contribution is 2.28. The second-order valence-corrected chi connectivity index (χ2v) is 5.98.